The van der Waals surface area contributed by atoms with Crippen LogP contribution in [0.4, 0.5) is 13.2 Å². The number of halogens is 3. The number of amides is 1. The van der Waals surface area contributed by atoms with Crippen LogP contribution in [0.2, 0.25) is 0 Å². The molecule has 0 spiro atoms. The molecular weight excluding hydrogens is 317 g/mol. The standard InChI is InChI=1S/C13H17F3N4O3/c14-13(15,16)6-5-11(21)17-8-3-1-2-4-10(8)20-7-9(12(22)23)18-19-20/h7-8,10H,1-6H2,(H,17,21)(H,22,23)/t8-,10+/m0/s1. The first-order chi connectivity index (χ1) is 10.8. The summed E-state index contributed by atoms with van der Waals surface area (Å²) in [5, 5.41) is 18.7. The van der Waals surface area contributed by atoms with E-state index in [4.69, 9.17) is 5.11 Å². The van der Waals surface area contributed by atoms with Gasteiger partial charge in [-0.2, -0.15) is 13.2 Å². The van der Waals surface area contributed by atoms with Gasteiger partial charge in [0.2, 0.25) is 5.91 Å². The molecule has 1 aromatic rings. The van der Waals surface area contributed by atoms with Gasteiger partial charge >= 0.3 is 12.1 Å². The van der Waals surface area contributed by atoms with Crippen LogP contribution in [0, 0.1) is 0 Å². The van der Waals surface area contributed by atoms with E-state index >= 15 is 0 Å². The molecule has 1 fully saturated rings. The number of aromatic carboxylic acids is 1. The Kier molecular flexibility index (Phi) is 5.22. The van der Waals surface area contributed by atoms with Gasteiger partial charge in [0.05, 0.1) is 24.7 Å². The van der Waals surface area contributed by atoms with Crippen molar-refractivity contribution in [1.29, 1.82) is 0 Å². The fraction of sp³-hybridized carbons (Fsp3) is 0.692. The van der Waals surface area contributed by atoms with Gasteiger partial charge in [-0.05, 0) is 12.8 Å². The van der Waals surface area contributed by atoms with E-state index in [0.717, 1.165) is 12.8 Å². The van der Waals surface area contributed by atoms with Crippen molar-refractivity contribution in [3.05, 3.63) is 11.9 Å². The van der Waals surface area contributed by atoms with Crippen molar-refractivity contribution >= 4 is 11.9 Å². The summed E-state index contributed by atoms with van der Waals surface area (Å²) in [6.45, 7) is 0. The first-order valence-electron chi connectivity index (χ1n) is 7.27. The fourth-order valence-corrected chi connectivity index (χ4v) is 2.67. The maximum atomic E-state index is 12.2. The third-order valence-corrected chi connectivity index (χ3v) is 3.78. The topological polar surface area (TPSA) is 97.1 Å². The molecule has 0 radical (unpaired) electrons. The summed E-state index contributed by atoms with van der Waals surface area (Å²) in [4.78, 5) is 22.5. The number of alkyl halides is 3. The van der Waals surface area contributed by atoms with Gasteiger partial charge in [-0.25, -0.2) is 9.48 Å². The minimum atomic E-state index is -4.37. The summed E-state index contributed by atoms with van der Waals surface area (Å²) >= 11 is 0. The molecule has 1 amide bonds. The molecule has 7 nitrogen and oxygen atoms in total. The van der Waals surface area contributed by atoms with E-state index in [2.05, 4.69) is 15.6 Å². The molecular formula is C13H17F3N4O3. The minimum Gasteiger partial charge on any atom is -0.476 e. The number of nitrogens with one attached hydrogen (secondary N) is 1. The van der Waals surface area contributed by atoms with Crippen LogP contribution in [0.15, 0.2) is 6.20 Å². The van der Waals surface area contributed by atoms with Crippen molar-refractivity contribution in [2.45, 2.75) is 56.8 Å². The Balaban J connectivity index is 2.00. The van der Waals surface area contributed by atoms with Crippen LogP contribution in [-0.4, -0.2) is 44.2 Å². The molecule has 0 saturated heterocycles. The first-order valence-corrected chi connectivity index (χ1v) is 7.27. The lowest BCUT2D eigenvalue weighted by Gasteiger charge is -2.32. The minimum absolute atomic E-state index is 0.210. The van der Waals surface area contributed by atoms with Gasteiger partial charge in [0.15, 0.2) is 5.69 Å². The normalized spacial score (nSPS) is 21.9. The molecule has 2 atom stereocenters. The zero-order valence-electron chi connectivity index (χ0n) is 12.2. The predicted octanol–water partition coefficient (Wildman–Crippen LogP) is 1.92. The average molecular weight is 334 g/mol. The summed E-state index contributed by atoms with van der Waals surface area (Å²) in [7, 11) is 0. The highest BCUT2D eigenvalue weighted by atomic mass is 19.4. The Morgan fingerprint density at radius 1 is 1.35 bits per heavy atom. The molecule has 1 aromatic heterocycles. The summed E-state index contributed by atoms with van der Waals surface area (Å²) in [5.74, 6) is -1.88. The first kappa shape index (κ1) is 17.2. The van der Waals surface area contributed by atoms with Crippen LogP contribution >= 0.6 is 0 Å². The second-order valence-electron chi connectivity index (χ2n) is 5.53. The van der Waals surface area contributed by atoms with Crippen LogP contribution in [0.3, 0.4) is 0 Å². The monoisotopic (exact) mass is 334 g/mol. The van der Waals surface area contributed by atoms with Gasteiger partial charge in [0.1, 0.15) is 0 Å². The number of carbonyl (C=O) groups is 2. The lowest BCUT2D eigenvalue weighted by molar-refractivity contribution is -0.144. The predicted molar refractivity (Wildman–Crippen MR) is 71.7 cm³/mol. The Bertz CT molecular complexity index is 573. The Morgan fingerprint density at radius 3 is 2.65 bits per heavy atom. The number of carboxylic acid groups (broad SMARTS) is 1. The quantitative estimate of drug-likeness (QED) is 0.857. The molecule has 0 unspecified atom stereocenters. The number of aromatic nitrogens is 3. The van der Waals surface area contributed by atoms with Crippen LogP contribution in [0.25, 0.3) is 0 Å². The molecule has 23 heavy (non-hydrogen) atoms. The zero-order chi connectivity index (χ0) is 17.0. The van der Waals surface area contributed by atoms with Gasteiger partial charge in [0.25, 0.3) is 0 Å². The van der Waals surface area contributed by atoms with Gasteiger partial charge in [0, 0.05) is 6.42 Å². The smallest absolute Gasteiger partial charge is 0.389 e. The SMILES string of the molecule is O=C(CCC(F)(F)F)N[C@H]1CCCC[C@H]1n1cc(C(=O)O)nn1. The van der Waals surface area contributed by atoms with Crippen molar-refractivity contribution in [1.82, 2.24) is 20.3 Å². The second kappa shape index (κ2) is 6.97. The number of nitrogens with zero attached hydrogens (tertiary/aromatic N) is 3. The Morgan fingerprint density at radius 2 is 2.04 bits per heavy atom. The molecule has 0 aliphatic heterocycles. The lowest BCUT2D eigenvalue weighted by Crippen LogP contribution is -2.43. The van der Waals surface area contributed by atoms with Crippen molar-refractivity contribution in [3.63, 3.8) is 0 Å². The molecule has 1 saturated carbocycles. The molecule has 1 aliphatic carbocycles. The molecule has 1 heterocycles. The third-order valence-electron chi connectivity index (χ3n) is 3.78. The van der Waals surface area contributed by atoms with Crippen molar-refractivity contribution in [3.8, 4) is 0 Å². The summed E-state index contributed by atoms with van der Waals surface area (Å²) < 4.78 is 37.8. The van der Waals surface area contributed by atoms with Crippen LogP contribution < -0.4 is 5.32 Å². The summed E-state index contributed by atoms with van der Waals surface area (Å²) in [6, 6.07) is -0.688. The van der Waals surface area contributed by atoms with Gasteiger partial charge in [-0.15, -0.1) is 5.10 Å². The number of hydrogen-bond acceptors (Lipinski definition) is 4. The second-order valence-corrected chi connectivity index (χ2v) is 5.53. The molecule has 10 heteroatoms. The van der Waals surface area contributed by atoms with E-state index in [1.807, 2.05) is 0 Å². The van der Waals surface area contributed by atoms with E-state index in [-0.39, 0.29) is 17.8 Å². The van der Waals surface area contributed by atoms with Crippen LogP contribution in [0.1, 0.15) is 55.1 Å². The van der Waals surface area contributed by atoms with E-state index < -0.39 is 30.9 Å². The molecule has 1 aliphatic rings. The maximum absolute atomic E-state index is 12.2. The third kappa shape index (κ3) is 4.93. The van der Waals surface area contributed by atoms with E-state index in [1.165, 1.54) is 10.9 Å². The summed E-state index contributed by atoms with van der Waals surface area (Å²) in [5.41, 5.74) is -0.210. The number of rotatable bonds is 5. The Hall–Kier alpha value is -2.13. The summed E-state index contributed by atoms with van der Waals surface area (Å²) in [6.07, 6.45) is -1.94. The lowest BCUT2D eigenvalue weighted by atomic mass is 9.90. The highest BCUT2D eigenvalue weighted by molar-refractivity contribution is 5.84. The number of hydrogen-bond donors (Lipinski definition) is 2. The van der Waals surface area contributed by atoms with Crippen LogP contribution in [0.5, 0.6) is 0 Å². The number of carboxylic acids is 1. The maximum Gasteiger partial charge on any atom is 0.389 e. The molecule has 0 aromatic carbocycles. The largest absolute Gasteiger partial charge is 0.476 e. The van der Waals surface area contributed by atoms with Gasteiger partial charge < -0.3 is 10.4 Å². The fourth-order valence-electron chi connectivity index (χ4n) is 2.67. The van der Waals surface area contributed by atoms with E-state index in [1.54, 1.807) is 0 Å². The highest BCUT2D eigenvalue weighted by Crippen LogP contribution is 2.28. The molecule has 0 bridgehead atoms. The molecule has 128 valence electrons. The van der Waals surface area contributed by atoms with Gasteiger partial charge in [-0.3, -0.25) is 4.79 Å². The molecule has 2 rings (SSSR count). The Labute approximate surface area is 129 Å². The highest BCUT2D eigenvalue weighted by Gasteiger charge is 2.31. The van der Waals surface area contributed by atoms with Crippen LogP contribution in [-0.2, 0) is 4.79 Å². The van der Waals surface area contributed by atoms with E-state index in [0.29, 0.717) is 12.8 Å². The van der Waals surface area contributed by atoms with Gasteiger partial charge in [-0.1, -0.05) is 18.1 Å². The van der Waals surface area contributed by atoms with E-state index in [9.17, 15) is 22.8 Å². The van der Waals surface area contributed by atoms with Crippen molar-refractivity contribution < 1.29 is 27.9 Å². The molecule has 2 N–H and O–H groups in total. The van der Waals surface area contributed by atoms with Crippen molar-refractivity contribution in [2.24, 2.45) is 0 Å². The van der Waals surface area contributed by atoms with Crippen molar-refractivity contribution in [2.75, 3.05) is 0 Å². The zero-order valence-corrected chi connectivity index (χ0v) is 12.2. The number of carbonyl (C=O) groups excluding carboxylic acids is 1. The average Bonchev–Trinajstić information content (AvgIpc) is 2.95.